The number of aromatic nitrogens is 2. The molecular weight excluding hydrogens is 369 g/mol. The van der Waals surface area contributed by atoms with Crippen LogP contribution in [-0.4, -0.2) is 55.4 Å². The Kier molecular flexibility index (Phi) is 5.91. The number of benzene rings is 1. The second-order valence-electron chi connectivity index (χ2n) is 6.46. The Morgan fingerprint density at radius 3 is 2.52 bits per heavy atom. The molecule has 2 heterocycles. The molecule has 0 atom stereocenters. The molecule has 0 spiro atoms. The van der Waals surface area contributed by atoms with Crippen LogP contribution in [0, 0.1) is 12.7 Å². The minimum atomic E-state index is -3.57. The van der Waals surface area contributed by atoms with Gasteiger partial charge in [-0.2, -0.15) is 9.29 Å². The van der Waals surface area contributed by atoms with Gasteiger partial charge in [-0.25, -0.2) is 17.8 Å². The lowest BCUT2D eigenvalue weighted by Crippen LogP contribution is -2.49. The van der Waals surface area contributed by atoms with E-state index in [1.807, 2.05) is 24.8 Å². The second kappa shape index (κ2) is 8.18. The Labute approximate surface area is 159 Å². The first kappa shape index (κ1) is 19.5. The maximum atomic E-state index is 13.8. The van der Waals surface area contributed by atoms with E-state index in [2.05, 4.69) is 15.3 Å². The lowest BCUT2D eigenvalue weighted by Gasteiger charge is -2.34. The lowest BCUT2D eigenvalue weighted by molar-refractivity contribution is 0.383. The molecule has 0 amide bonds. The number of anilines is 2. The SMILES string of the molecule is CCNc1nc(C)cc(N2CCN(S(=O)(=O)Cc3ccccc3F)CC2)n1. The molecule has 146 valence electrons. The molecule has 27 heavy (non-hydrogen) atoms. The van der Waals surface area contributed by atoms with E-state index < -0.39 is 15.8 Å². The normalized spacial score (nSPS) is 15.7. The summed E-state index contributed by atoms with van der Waals surface area (Å²) in [6, 6.07) is 7.88. The van der Waals surface area contributed by atoms with Crippen LogP contribution >= 0.6 is 0 Å². The van der Waals surface area contributed by atoms with Crippen LogP contribution < -0.4 is 10.2 Å². The maximum Gasteiger partial charge on any atom is 0.224 e. The summed E-state index contributed by atoms with van der Waals surface area (Å²) in [5, 5.41) is 3.10. The minimum Gasteiger partial charge on any atom is -0.354 e. The number of nitrogens with one attached hydrogen (secondary N) is 1. The van der Waals surface area contributed by atoms with Crippen molar-refractivity contribution in [2.24, 2.45) is 0 Å². The zero-order valence-corrected chi connectivity index (χ0v) is 16.3. The molecule has 0 saturated carbocycles. The number of hydrogen-bond acceptors (Lipinski definition) is 6. The van der Waals surface area contributed by atoms with Gasteiger partial charge in [0.05, 0.1) is 5.75 Å². The van der Waals surface area contributed by atoms with Gasteiger partial charge in [0, 0.05) is 50.0 Å². The molecular formula is C18H24FN5O2S. The van der Waals surface area contributed by atoms with Crippen molar-refractivity contribution < 1.29 is 12.8 Å². The van der Waals surface area contributed by atoms with E-state index in [0.29, 0.717) is 32.1 Å². The van der Waals surface area contributed by atoms with Crippen molar-refractivity contribution in [1.82, 2.24) is 14.3 Å². The highest BCUT2D eigenvalue weighted by Gasteiger charge is 2.28. The third-order valence-corrected chi connectivity index (χ3v) is 6.26. The molecule has 1 aliphatic heterocycles. The first-order chi connectivity index (χ1) is 12.9. The summed E-state index contributed by atoms with van der Waals surface area (Å²) in [4.78, 5) is 10.9. The fourth-order valence-electron chi connectivity index (χ4n) is 3.05. The molecule has 0 aliphatic carbocycles. The van der Waals surface area contributed by atoms with E-state index >= 15 is 0 Å². The average molecular weight is 393 g/mol. The van der Waals surface area contributed by atoms with E-state index in [0.717, 1.165) is 18.1 Å². The van der Waals surface area contributed by atoms with Gasteiger partial charge in [-0.15, -0.1) is 0 Å². The minimum absolute atomic E-state index is 0.196. The second-order valence-corrected chi connectivity index (χ2v) is 8.42. The standard InChI is InChI=1S/C18H24FN5O2S/c1-3-20-18-21-14(2)12-17(22-18)23-8-10-24(11-9-23)27(25,26)13-15-6-4-5-7-16(15)19/h4-7,12H,3,8-11,13H2,1-2H3,(H,20,21,22). The van der Waals surface area contributed by atoms with Crippen molar-refractivity contribution in [2.45, 2.75) is 19.6 Å². The highest BCUT2D eigenvalue weighted by atomic mass is 32.2. The van der Waals surface area contributed by atoms with Crippen molar-refractivity contribution >= 4 is 21.8 Å². The molecule has 1 aromatic heterocycles. The molecule has 0 bridgehead atoms. The summed E-state index contributed by atoms with van der Waals surface area (Å²) < 4.78 is 40.5. The van der Waals surface area contributed by atoms with Crippen molar-refractivity contribution in [3.05, 3.63) is 47.4 Å². The molecule has 1 aromatic carbocycles. The highest BCUT2D eigenvalue weighted by Crippen LogP contribution is 2.20. The zero-order chi connectivity index (χ0) is 19.4. The number of hydrogen-bond donors (Lipinski definition) is 1. The molecule has 1 aliphatic rings. The van der Waals surface area contributed by atoms with E-state index in [-0.39, 0.29) is 11.3 Å². The quantitative estimate of drug-likeness (QED) is 0.809. The van der Waals surface area contributed by atoms with Gasteiger partial charge < -0.3 is 10.2 Å². The van der Waals surface area contributed by atoms with Crippen molar-refractivity contribution in [3.8, 4) is 0 Å². The third-order valence-electron chi connectivity index (χ3n) is 4.43. The van der Waals surface area contributed by atoms with Gasteiger partial charge in [0.1, 0.15) is 11.6 Å². The van der Waals surface area contributed by atoms with Crippen LogP contribution in [0.2, 0.25) is 0 Å². The fourth-order valence-corrected chi connectivity index (χ4v) is 4.58. The van der Waals surface area contributed by atoms with Gasteiger partial charge in [-0.3, -0.25) is 0 Å². The average Bonchev–Trinajstić information content (AvgIpc) is 2.63. The predicted molar refractivity (Wildman–Crippen MR) is 104 cm³/mol. The van der Waals surface area contributed by atoms with Crippen LogP contribution in [-0.2, 0) is 15.8 Å². The maximum absolute atomic E-state index is 13.8. The summed E-state index contributed by atoms with van der Waals surface area (Å²) in [7, 11) is -3.57. The van der Waals surface area contributed by atoms with Crippen LogP contribution in [0.25, 0.3) is 0 Å². The number of rotatable bonds is 6. The molecule has 1 fully saturated rings. The Morgan fingerprint density at radius 2 is 1.85 bits per heavy atom. The first-order valence-corrected chi connectivity index (χ1v) is 10.6. The van der Waals surface area contributed by atoms with Crippen molar-refractivity contribution in [2.75, 3.05) is 42.9 Å². The topological polar surface area (TPSA) is 78.4 Å². The number of sulfonamides is 1. The van der Waals surface area contributed by atoms with Gasteiger partial charge >= 0.3 is 0 Å². The summed E-state index contributed by atoms with van der Waals surface area (Å²) in [5.41, 5.74) is 1.05. The van der Waals surface area contributed by atoms with Crippen molar-refractivity contribution in [1.29, 1.82) is 0 Å². The molecule has 0 unspecified atom stereocenters. The lowest BCUT2D eigenvalue weighted by atomic mass is 10.2. The largest absolute Gasteiger partial charge is 0.354 e. The number of aryl methyl sites for hydroxylation is 1. The third kappa shape index (κ3) is 4.72. The number of nitrogens with zero attached hydrogens (tertiary/aromatic N) is 4. The van der Waals surface area contributed by atoms with E-state index in [1.165, 1.54) is 16.4 Å². The number of piperazine rings is 1. The van der Waals surface area contributed by atoms with Gasteiger partial charge in [0.2, 0.25) is 16.0 Å². The Bertz CT molecular complexity index is 898. The van der Waals surface area contributed by atoms with Gasteiger partial charge in [0.25, 0.3) is 0 Å². The first-order valence-electron chi connectivity index (χ1n) is 8.95. The van der Waals surface area contributed by atoms with Crippen molar-refractivity contribution in [3.63, 3.8) is 0 Å². The predicted octanol–water partition coefficient (Wildman–Crippen LogP) is 2.01. The molecule has 2 aromatic rings. The van der Waals surface area contributed by atoms with Crippen LogP contribution in [0.1, 0.15) is 18.2 Å². The Hall–Kier alpha value is -2.26. The summed E-state index contributed by atoms with van der Waals surface area (Å²) in [5.74, 6) is 0.537. The molecule has 9 heteroatoms. The Balaban J connectivity index is 1.67. The molecule has 1 saturated heterocycles. The Morgan fingerprint density at radius 1 is 1.15 bits per heavy atom. The van der Waals surface area contributed by atoms with Gasteiger partial charge in [-0.1, -0.05) is 18.2 Å². The smallest absolute Gasteiger partial charge is 0.224 e. The summed E-state index contributed by atoms with van der Waals surface area (Å²) in [6.45, 7) is 6.35. The van der Waals surface area contributed by atoms with E-state index in [4.69, 9.17) is 0 Å². The van der Waals surface area contributed by atoms with Gasteiger partial charge in [-0.05, 0) is 19.9 Å². The fraction of sp³-hybridized carbons (Fsp3) is 0.444. The van der Waals surface area contributed by atoms with Crippen LogP contribution in [0.5, 0.6) is 0 Å². The van der Waals surface area contributed by atoms with Gasteiger partial charge in [0.15, 0.2) is 0 Å². The molecule has 0 radical (unpaired) electrons. The van der Waals surface area contributed by atoms with Crippen LogP contribution in [0.4, 0.5) is 16.2 Å². The molecule has 7 nitrogen and oxygen atoms in total. The monoisotopic (exact) mass is 393 g/mol. The summed E-state index contributed by atoms with van der Waals surface area (Å²) >= 11 is 0. The highest BCUT2D eigenvalue weighted by molar-refractivity contribution is 7.88. The van der Waals surface area contributed by atoms with E-state index in [9.17, 15) is 12.8 Å². The van der Waals surface area contributed by atoms with E-state index in [1.54, 1.807) is 12.1 Å². The summed E-state index contributed by atoms with van der Waals surface area (Å²) in [6.07, 6.45) is 0. The van der Waals surface area contributed by atoms with Crippen LogP contribution in [0.15, 0.2) is 30.3 Å². The zero-order valence-electron chi connectivity index (χ0n) is 15.5. The molecule has 3 rings (SSSR count). The number of halogens is 1. The molecule has 1 N–H and O–H groups in total. The van der Waals surface area contributed by atoms with Crippen LogP contribution in [0.3, 0.4) is 0 Å².